The topological polar surface area (TPSA) is 53.5 Å². The lowest BCUT2D eigenvalue weighted by Gasteiger charge is -2.22. The van der Waals surface area contributed by atoms with Crippen molar-refractivity contribution in [1.82, 2.24) is 14.8 Å². The van der Waals surface area contributed by atoms with Gasteiger partial charge in [-0.2, -0.15) is 0 Å². The molecule has 1 aromatic heterocycles. The summed E-state index contributed by atoms with van der Waals surface area (Å²) in [6.45, 7) is 3.90. The van der Waals surface area contributed by atoms with Crippen LogP contribution in [0.1, 0.15) is 24.5 Å². The van der Waals surface area contributed by atoms with Crippen molar-refractivity contribution >= 4 is 11.8 Å². The number of carbonyl (C=O) groups excluding carboxylic acids is 2. The number of hydrogen-bond donors (Lipinski definition) is 0. The van der Waals surface area contributed by atoms with Crippen LogP contribution in [0.4, 0.5) is 0 Å². The van der Waals surface area contributed by atoms with Crippen LogP contribution in [-0.4, -0.2) is 46.7 Å². The maximum Gasteiger partial charge on any atom is 0.226 e. The minimum absolute atomic E-state index is 0.0816. The average molecular weight is 365 g/mol. The zero-order valence-corrected chi connectivity index (χ0v) is 16.0. The van der Waals surface area contributed by atoms with Gasteiger partial charge in [-0.15, -0.1) is 0 Å². The van der Waals surface area contributed by atoms with Crippen molar-refractivity contribution in [2.45, 2.75) is 26.3 Å². The lowest BCUT2D eigenvalue weighted by atomic mass is 10.1. The summed E-state index contributed by atoms with van der Waals surface area (Å²) in [5, 5.41) is 0. The number of hydrogen-bond acceptors (Lipinski definition) is 3. The van der Waals surface area contributed by atoms with Crippen molar-refractivity contribution < 1.29 is 9.59 Å². The van der Waals surface area contributed by atoms with Crippen molar-refractivity contribution in [3.05, 3.63) is 66.0 Å². The predicted molar refractivity (Wildman–Crippen MR) is 105 cm³/mol. The number of pyridine rings is 1. The molecule has 5 nitrogen and oxygen atoms in total. The molecule has 2 unspecified atom stereocenters. The summed E-state index contributed by atoms with van der Waals surface area (Å²) in [6, 6.07) is 13.9. The van der Waals surface area contributed by atoms with E-state index in [-0.39, 0.29) is 23.7 Å². The van der Waals surface area contributed by atoms with Gasteiger partial charge in [-0.25, -0.2) is 0 Å². The summed E-state index contributed by atoms with van der Waals surface area (Å²) >= 11 is 0. The maximum atomic E-state index is 12.8. The van der Waals surface area contributed by atoms with Crippen LogP contribution >= 0.6 is 0 Å². The van der Waals surface area contributed by atoms with Gasteiger partial charge in [0, 0.05) is 39.1 Å². The van der Waals surface area contributed by atoms with E-state index in [1.807, 2.05) is 61.3 Å². The Kier molecular flexibility index (Phi) is 6.22. The van der Waals surface area contributed by atoms with Gasteiger partial charge in [0.05, 0.1) is 11.8 Å². The monoisotopic (exact) mass is 365 g/mol. The van der Waals surface area contributed by atoms with Gasteiger partial charge in [0.25, 0.3) is 0 Å². The smallest absolute Gasteiger partial charge is 0.226 e. The Hall–Kier alpha value is -2.69. The van der Waals surface area contributed by atoms with Gasteiger partial charge in [-0.3, -0.25) is 14.6 Å². The molecule has 0 aliphatic heterocycles. The van der Waals surface area contributed by atoms with E-state index >= 15 is 0 Å². The summed E-state index contributed by atoms with van der Waals surface area (Å²) in [6.07, 6.45) is 4.99. The van der Waals surface area contributed by atoms with Gasteiger partial charge in [-0.05, 0) is 43.0 Å². The van der Waals surface area contributed by atoms with E-state index in [1.54, 1.807) is 17.3 Å². The molecule has 1 fully saturated rings. The first-order valence-corrected chi connectivity index (χ1v) is 9.56. The van der Waals surface area contributed by atoms with E-state index in [9.17, 15) is 9.59 Å². The van der Waals surface area contributed by atoms with Crippen molar-refractivity contribution in [3.8, 4) is 0 Å². The molecular formula is C22H27N3O2. The van der Waals surface area contributed by atoms with E-state index in [0.717, 1.165) is 17.5 Å². The third-order valence-electron chi connectivity index (χ3n) is 5.20. The standard InChI is InChI=1S/C22H27N3O2/c1-3-25(16-18-7-5-4-6-8-18)22(27)20-15-19(20)21(26)24(2)14-11-17-9-12-23-13-10-17/h4-10,12-13,19-20H,3,11,14-16H2,1-2H3. The zero-order chi connectivity index (χ0) is 19.2. The number of amides is 2. The molecule has 0 N–H and O–H groups in total. The van der Waals surface area contributed by atoms with E-state index in [2.05, 4.69) is 4.98 Å². The Balaban J connectivity index is 1.50. The summed E-state index contributed by atoms with van der Waals surface area (Å²) in [5.74, 6) is -0.144. The van der Waals surface area contributed by atoms with E-state index in [1.165, 1.54) is 0 Å². The molecule has 0 saturated heterocycles. The van der Waals surface area contributed by atoms with E-state index < -0.39 is 0 Å². The SMILES string of the molecule is CCN(Cc1ccccc1)C(=O)C1CC1C(=O)N(C)CCc1ccncc1. The van der Waals surface area contributed by atoms with Gasteiger partial charge in [0.1, 0.15) is 0 Å². The van der Waals surface area contributed by atoms with Crippen LogP contribution in [0.2, 0.25) is 0 Å². The molecule has 1 aliphatic rings. The average Bonchev–Trinajstić information content (AvgIpc) is 3.51. The molecule has 2 atom stereocenters. The molecule has 0 bridgehead atoms. The van der Waals surface area contributed by atoms with Gasteiger partial charge in [0.2, 0.25) is 11.8 Å². The van der Waals surface area contributed by atoms with Crippen LogP contribution in [-0.2, 0) is 22.6 Å². The summed E-state index contributed by atoms with van der Waals surface area (Å²) < 4.78 is 0. The second-order valence-electron chi connectivity index (χ2n) is 7.15. The van der Waals surface area contributed by atoms with Gasteiger partial charge in [-0.1, -0.05) is 30.3 Å². The molecule has 1 heterocycles. The second kappa shape index (κ2) is 8.80. The Morgan fingerprint density at radius 3 is 2.33 bits per heavy atom. The minimum Gasteiger partial charge on any atom is -0.345 e. The normalized spacial score (nSPS) is 18.0. The van der Waals surface area contributed by atoms with E-state index in [0.29, 0.717) is 26.1 Å². The van der Waals surface area contributed by atoms with Crippen LogP contribution in [0.25, 0.3) is 0 Å². The molecule has 3 rings (SSSR count). The summed E-state index contributed by atoms with van der Waals surface area (Å²) in [4.78, 5) is 33.1. The first-order chi connectivity index (χ1) is 13.1. The highest BCUT2D eigenvalue weighted by Gasteiger charge is 2.50. The first kappa shape index (κ1) is 19.1. The Labute approximate surface area is 161 Å². The molecule has 142 valence electrons. The summed E-state index contributed by atoms with van der Waals surface area (Å²) in [5.41, 5.74) is 2.28. The second-order valence-corrected chi connectivity index (χ2v) is 7.15. The molecule has 1 aromatic carbocycles. The maximum absolute atomic E-state index is 12.8. The van der Waals surface area contributed by atoms with Gasteiger partial charge in [0.15, 0.2) is 0 Å². The molecule has 1 saturated carbocycles. The number of aromatic nitrogens is 1. The molecule has 2 aromatic rings. The quantitative estimate of drug-likeness (QED) is 0.723. The first-order valence-electron chi connectivity index (χ1n) is 9.56. The van der Waals surface area contributed by atoms with Crippen LogP contribution in [0, 0.1) is 11.8 Å². The molecule has 0 spiro atoms. The van der Waals surface area contributed by atoms with Gasteiger partial charge < -0.3 is 9.80 Å². The van der Waals surface area contributed by atoms with E-state index in [4.69, 9.17) is 0 Å². The fourth-order valence-corrected chi connectivity index (χ4v) is 3.36. The van der Waals surface area contributed by atoms with Crippen LogP contribution in [0.15, 0.2) is 54.9 Å². The zero-order valence-electron chi connectivity index (χ0n) is 16.0. The number of rotatable bonds is 8. The van der Waals surface area contributed by atoms with Crippen molar-refractivity contribution in [2.24, 2.45) is 11.8 Å². The lowest BCUT2D eigenvalue weighted by molar-refractivity contribution is -0.137. The van der Waals surface area contributed by atoms with Crippen LogP contribution < -0.4 is 0 Å². The minimum atomic E-state index is -0.162. The molecule has 2 amide bonds. The summed E-state index contributed by atoms with van der Waals surface area (Å²) in [7, 11) is 1.82. The highest BCUT2D eigenvalue weighted by Crippen LogP contribution is 2.41. The lowest BCUT2D eigenvalue weighted by Crippen LogP contribution is -2.35. The highest BCUT2D eigenvalue weighted by molar-refractivity contribution is 5.92. The number of nitrogens with zero attached hydrogens (tertiary/aromatic N) is 3. The number of carbonyl (C=O) groups is 2. The van der Waals surface area contributed by atoms with Crippen LogP contribution in [0.3, 0.4) is 0 Å². The molecule has 1 aliphatic carbocycles. The molecular weight excluding hydrogens is 338 g/mol. The Bertz CT molecular complexity index is 764. The third kappa shape index (κ3) is 4.94. The Morgan fingerprint density at radius 1 is 1.00 bits per heavy atom. The fraction of sp³-hybridized carbons (Fsp3) is 0.409. The Morgan fingerprint density at radius 2 is 1.67 bits per heavy atom. The van der Waals surface area contributed by atoms with Crippen molar-refractivity contribution in [2.75, 3.05) is 20.1 Å². The van der Waals surface area contributed by atoms with Crippen LogP contribution in [0.5, 0.6) is 0 Å². The third-order valence-corrected chi connectivity index (χ3v) is 5.20. The van der Waals surface area contributed by atoms with Gasteiger partial charge >= 0.3 is 0 Å². The molecule has 27 heavy (non-hydrogen) atoms. The molecule has 0 radical (unpaired) electrons. The van der Waals surface area contributed by atoms with Crippen molar-refractivity contribution in [3.63, 3.8) is 0 Å². The number of likely N-dealkylation sites (N-methyl/N-ethyl adjacent to an activating group) is 1. The molecule has 5 heteroatoms. The predicted octanol–water partition coefficient (Wildman–Crippen LogP) is 2.77. The highest BCUT2D eigenvalue weighted by atomic mass is 16.2. The largest absolute Gasteiger partial charge is 0.345 e. The number of benzene rings is 1. The fourth-order valence-electron chi connectivity index (χ4n) is 3.36. The van der Waals surface area contributed by atoms with Crippen molar-refractivity contribution in [1.29, 1.82) is 0 Å².